The molecule has 0 aromatic rings. The van der Waals surface area contributed by atoms with Gasteiger partial charge in [0.15, 0.2) is 0 Å². The molecular formula is C13H24N2O4S. The Labute approximate surface area is 120 Å². The molecule has 2 atom stereocenters. The molecule has 2 saturated heterocycles. The Bertz CT molecular complexity index is 432. The highest BCUT2D eigenvalue weighted by atomic mass is 32.2. The van der Waals surface area contributed by atoms with Gasteiger partial charge in [0.05, 0.1) is 5.75 Å². The zero-order valence-corrected chi connectivity index (χ0v) is 12.6. The SMILES string of the molecule is O=C(O)CCCS(=O)(=O)N1CCCCC1C1CCCN1. The Morgan fingerprint density at radius 1 is 1.25 bits per heavy atom. The van der Waals surface area contributed by atoms with E-state index in [1.807, 2.05) is 0 Å². The van der Waals surface area contributed by atoms with Gasteiger partial charge >= 0.3 is 5.97 Å². The molecule has 0 aromatic heterocycles. The van der Waals surface area contributed by atoms with Gasteiger partial charge in [0.25, 0.3) is 0 Å². The molecule has 20 heavy (non-hydrogen) atoms. The van der Waals surface area contributed by atoms with E-state index in [0.717, 1.165) is 38.6 Å². The molecule has 0 spiro atoms. The largest absolute Gasteiger partial charge is 0.481 e. The van der Waals surface area contributed by atoms with Gasteiger partial charge in [0, 0.05) is 25.0 Å². The number of piperidine rings is 1. The molecule has 2 N–H and O–H groups in total. The molecule has 0 saturated carbocycles. The molecule has 0 amide bonds. The summed E-state index contributed by atoms with van der Waals surface area (Å²) in [6.07, 6.45) is 5.14. The van der Waals surface area contributed by atoms with Gasteiger partial charge in [-0.2, -0.15) is 4.31 Å². The van der Waals surface area contributed by atoms with E-state index in [0.29, 0.717) is 6.54 Å². The highest BCUT2D eigenvalue weighted by Crippen LogP contribution is 2.27. The van der Waals surface area contributed by atoms with E-state index in [1.54, 1.807) is 4.31 Å². The van der Waals surface area contributed by atoms with Crippen molar-refractivity contribution in [2.75, 3.05) is 18.8 Å². The monoisotopic (exact) mass is 304 g/mol. The van der Waals surface area contributed by atoms with Crippen molar-refractivity contribution in [3.8, 4) is 0 Å². The Morgan fingerprint density at radius 3 is 2.70 bits per heavy atom. The molecule has 0 aromatic carbocycles. The first-order valence-electron chi connectivity index (χ1n) is 7.45. The number of aliphatic carboxylic acids is 1. The standard InChI is InChI=1S/C13H24N2O4S/c16-13(17)7-4-10-20(18,19)15-9-2-1-6-12(15)11-5-3-8-14-11/h11-12,14H,1-10H2,(H,16,17). The predicted octanol–water partition coefficient (Wildman–Crippen LogP) is 0.787. The molecule has 2 fully saturated rings. The van der Waals surface area contributed by atoms with Crippen molar-refractivity contribution in [3.05, 3.63) is 0 Å². The zero-order valence-electron chi connectivity index (χ0n) is 11.8. The average Bonchev–Trinajstić information content (AvgIpc) is 2.92. The third-order valence-electron chi connectivity index (χ3n) is 4.21. The van der Waals surface area contributed by atoms with Crippen LogP contribution < -0.4 is 5.32 Å². The maximum Gasteiger partial charge on any atom is 0.303 e. The number of nitrogens with zero attached hydrogens (tertiary/aromatic N) is 1. The van der Waals surface area contributed by atoms with Gasteiger partial charge in [-0.1, -0.05) is 6.42 Å². The van der Waals surface area contributed by atoms with Crippen LogP contribution in [0.5, 0.6) is 0 Å². The first-order valence-corrected chi connectivity index (χ1v) is 9.06. The smallest absolute Gasteiger partial charge is 0.303 e. The van der Waals surface area contributed by atoms with Crippen LogP contribution in [0, 0.1) is 0 Å². The van der Waals surface area contributed by atoms with Crippen molar-refractivity contribution in [1.29, 1.82) is 0 Å². The van der Waals surface area contributed by atoms with Crippen LogP contribution in [-0.4, -0.2) is 54.7 Å². The number of carboxylic acids is 1. The second-order valence-electron chi connectivity index (χ2n) is 5.69. The van der Waals surface area contributed by atoms with Gasteiger partial charge < -0.3 is 10.4 Å². The normalized spacial score (nSPS) is 28.6. The minimum absolute atomic E-state index is 0.0531. The number of nitrogens with one attached hydrogen (secondary N) is 1. The van der Waals surface area contributed by atoms with Crippen molar-refractivity contribution >= 4 is 16.0 Å². The molecule has 0 radical (unpaired) electrons. The average molecular weight is 304 g/mol. The Hall–Kier alpha value is -0.660. The van der Waals surface area contributed by atoms with Crippen molar-refractivity contribution in [1.82, 2.24) is 9.62 Å². The van der Waals surface area contributed by atoms with E-state index in [4.69, 9.17) is 5.11 Å². The van der Waals surface area contributed by atoms with Crippen LogP contribution in [0.1, 0.15) is 44.9 Å². The van der Waals surface area contributed by atoms with E-state index in [-0.39, 0.29) is 30.7 Å². The van der Waals surface area contributed by atoms with Gasteiger partial charge in [-0.05, 0) is 38.6 Å². The van der Waals surface area contributed by atoms with Crippen molar-refractivity contribution in [2.24, 2.45) is 0 Å². The minimum Gasteiger partial charge on any atom is -0.481 e. The topological polar surface area (TPSA) is 86.7 Å². The number of hydrogen-bond donors (Lipinski definition) is 2. The van der Waals surface area contributed by atoms with Crippen molar-refractivity contribution in [2.45, 2.75) is 57.0 Å². The molecular weight excluding hydrogens is 280 g/mol. The van der Waals surface area contributed by atoms with Crippen molar-refractivity contribution in [3.63, 3.8) is 0 Å². The molecule has 7 heteroatoms. The third-order valence-corrected chi connectivity index (χ3v) is 6.18. The van der Waals surface area contributed by atoms with Crippen LogP contribution >= 0.6 is 0 Å². The fourth-order valence-corrected chi connectivity index (χ4v) is 5.06. The lowest BCUT2D eigenvalue weighted by Gasteiger charge is -2.38. The minimum atomic E-state index is -3.34. The van der Waals surface area contributed by atoms with E-state index >= 15 is 0 Å². The summed E-state index contributed by atoms with van der Waals surface area (Å²) in [4.78, 5) is 10.5. The summed E-state index contributed by atoms with van der Waals surface area (Å²) >= 11 is 0. The van der Waals surface area contributed by atoms with E-state index in [9.17, 15) is 13.2 Å². The fraction of sp³-hybridized carbons (Fsp3) is 0.923. The van der Waals surface area contributed by atoms with Gasteiger partial charge in [0.2, 0.25) is 10.0 Å². The van der Waals surface area contributed by atoms with Crippen LogP contribution in [0.25, 0.3) is 0 Å². The fourth-order valence-electron chi connectivity index (χ4n) is 3.24. The third kappa shape index (κ3) is 3.93. The first kappa shape index (κ1) is 15.7. The lowest BCUT2D eigenvalue weighted by atomic mass is 9.97. The zero-order chi connectivity index (χ0) is 14.6. The van der Waals surface area contributed by atoms with Crippen LogP contribution in [0.15, 0.2) is 0 Å². The maximum absolute atomic E-state index is 12.4. The van der Waals surface area contributed by atoms with E-state index < -0.39 is 16.0 Å². The summed E-state index contributed by atoms with van der Waals surface area (Å²) in [6.45, 7) is 1.55. The molecule has 2 aliphatic heterocycles. The Morgan fingerprint density at radius 2 is 2.05 bits per heavy atom. The Kier molecular flexibility index (Phi) is 5.40. The Balaban J connectivity index is 2.00. The summed E-state index contributed by atoms with van der Waals surface area (Å²) in [6, 6.07) is 0.325. The van der Waals surface area contributed by atoms with Gasteiger partial charge in [-0.3, -0.25) is 4.79 Å². The predicted molar refractivity (Wildman–Crippen MR) is 76.0 cm³/mol. The molecule has 0 bridgehead atoms. The van der Waals surface area contributed by atoms with Crippen LogP contribution in [0.3, 0.4) is 0 Å². The van der Waals surface area contributed by atoms with Crippen LogP contribution in [-0.2, 0) is 14.8 Å². The summed E-state index contributed by atoms with van der Waals surface area (Å²) in [5.41, 5.74) is 0. The van der Waals surface area contributed by atoms with Gasteiger partial charge in [-0.15, -0.1) is 0 Å². The molecule has 2 unspecified atom stereocenters. The first-order chi connectivity index (χ1) is 9.50. The van der Waals surface area contributed by atoms with Crippen LogP contribution in [0.4, 0.5) is 0 Å². The van der Waals surface area contributed by atoms with E-state index in [1.165, 1.54) is 0 Å². The lowest BCUT2D eigenvalue weighted by molar-refractivity contribution is -0.137. The number of carbonyl (C=O) groups is 1. The molecule has 0 aliphatic carbocycles. The summed E-state index contributed by atoms with van der Waals surface area (Å²) in [5.74, 6) is -0.990. The number of rotatable bonds is 6. The van der Waals surface area contributed by atoms with E-state index in [2.05, 4.69) is 5.32 Å². The summed E-state index contributed by atoms with van der Waals surface area (Å²) in [7, 11) is -3.34. The molecule has 2 heterocycles. The second kappa shape index (κ2) is 6.87. The summed E-state index contributed by atoms with van der Waals surface area (Å²) in [5, 5.41) is 12.0. The highest BCUT2D eigenvalue weighted by molar-refractivity contribution is 7.89. The number of sulfonamides is 1. The molecule has 116 valence electrons. The summed E-state index contributed by atoms with van der Waals surface area (Å²) < 4.78 is 26.5. The maximum atomic E-state index is 12.4. The number of hydrogen-bond acceptors (Lipinski definition) is 4. The second-order valence-corrected chi connectivity index (χ2v) is 7.73. The molecule has 6 nitrogen and oxygen atoms in total. The quantitative estimate of drug-likeness (QED) is 0.757. The van der Waals surface area contributed by atoms with Crippen LogP contribution in [0.2, 0.25) is 0 Å². The van der Waals surface area contributed by atoms with Gasteiger partial charge in [0.1, 0.15) is 0 Å². The number of carboxylic acid groups (broad SMARTS) is 1. The molecule has 2 aliphatic rings. The highest BCUT2D eigenvalue weighted by Gasteiger charge is 2.37. The lowest BCUT2D eigenvalue weighted by Crippen LogP contribution is -2.53. The van der Waals surface area contributed by atoms with Crippen molar-refractivity contribution < 1.29 is 18.3 Å². The molecule has 2 rings (SSSR count). The van der Waals surface area contributed by atoms with Gasteiger partial charge in [-0.25, -0.2) is 8.42 Å².